The van der Waals surface area contributed by atoms with Crippen molar-refractivity contribution in [3.63, 3.8) is 0 Å². The third-order valence-corrected chi connectivity index (χ3v) is 4.84. The summed E-state index contributed by atoms with van der Waals surface area (Å²) in [6.07, 6.45) is 1.15. The molecule has 1 fully saturated rings. The van der Waals surface area contributed by atoms with E-state index in [4.69, 9.17) is 32.5 Å². The number of carbonyl (C=O) groups excluding carboxylic acids is 1. The number of hydrogen-bond acceptors (Lipinski definition) is 5. The summed E-state index contributed by atoms with van der Waals surface area (Å²) in [5.41, 5.74) is 12.0. The van der Waals surface area contributed by atoms with Crippen LogP contribution in [-0.2, 0) is 11.3 Å². The van der Waals surface area contributed by atoms with Crippen LogP contribution in [0.2, 0.25) is 5.02 Å². The average molecular weight is 356 g/mol. The zero-order chi connectivity index (χ0) is 17.7. The number of methoxy groups -OCH3 is 1. The van der Waals surface area contributed by atoms with Crippen LogP contribution in [0.5, 0.6) is 11.5 Å². The Morgan fingerprint density at radius 1 is 1.46 bits per heavy atom. The highest BCUT2D eigenvalue weighted by molar-refractivity contribution is 6.32. The van der Waals surface area contributed by atoms with Crippen LogP contribution >= 0.6 is 11.6 Å². The Hall–Kier alpha value is -1.50. The molecule has 0 saturated carbocycles. The number of hydrogen-bond donors (Lipinski definition) is 2. The highest BCUT2D eigenvalue weighted by atomic mass is 35.5. The smallest absolute Gasteiger partial charge is 0.255 e. The minimum absolute atomic E-state index is 0.238. The van der Waals surface area contributed by atoms with Crippen molar-refractivity contribution in [1.82, 2.24) is 4.90 Å². The van der Waals surface area contributed by atoms with Crippen LogP contribution in [0, 0.1) is 11.8 Å². The molecule has 0 bridgehead atoms. The van der Waals surface area contributed by atoms with Crippen molar-refractivity contribution in [2.45, 2.75) is 19.9 Å². The molecule has 0 spiro atoms. The monoisotopic (exact) mass is 355 g/mol. The SMILES string of the molecule is COc1cc(CN2CCC(C)C(CN)C2)cc(Cl)c1OCC(N)=O. The lowest BCUT2D eigenvalue weighted by Crippen LogP contribution is -2.42. The number of rotatable bonds is 7. The standard InChI is InChI=1S/C17H26ClN3O3/c1-11-3-4-21(9-13(11)7-19)8-12-5-14(18)17(15(6-12)23-2)24-10-16(20)22/h5-6,11,13H,3-4,7-10,19H2,1-2H3,(H2,20,22). The molecule has 134 valence electrons. The fourth-order valence-corrected chi connectivity index (χ4v) is 3.37. The molecule has 2 unspecified atom stereocenters. The molecule has 0 radical (unpaired) electrons. The zero-order valence-corrected chi connectivity index (χ0v) is 15.0. The number of amides is 1. The van der Waals surface area contributed by atoms with Crippen LogP contribution in [0.4, 0.5) is 0 Å². The highest BCUT2D eigenvalue weighted by Crippen LogP contribution is 2.37. The second kappa shape index (κ2) is 8.55. The Balaban J connectivity index is 2.11. The number of nitrogens with zero attached hydrogens (tertiary/aromatic N) is 1. The first-order chi connectivity index (χ1) is 11.4. The molecule has 0 aliphatic carbocycles. The lowest BCUT2D eigenvalue weighted by Gasteiger charge is -2.36. The van der Waals surface area contributed by atoms with Gasteiger partial charge in [-0.15, -0.1) is 0 Å². The molecule has 1 aliphatic heterocycles. The largest absolute Gasteiger partial charge is 0.493 e. The van der Waals surface area contributed by atoms with Gasteiger partial charge in [0.25, 0.3) is 5.91 Å². The molecule has 1 aromatic carbocycles. The van der Waals surface area contributed by atoms with Gasteiger partial charge in [0, 0.05) is 13.1 Å². The van der Waals surface area contributed by atoms with Crippen molar-refractivity contribution in [2.75, 3.05) is 33.4 Å². The van der Waals surface area contributed by atoms with Gasteiger partial charge in [-0.2, -0.15) is 0 Å². The minimum atomic E-state index is -0.563. The summed E-state index contributed by atoms with van der Waals surface area (Å²) >= 11 is 6.30. The van der Waals surface area contributed by atoms with E-state index in [0.29, 0.717) is 34.9 Å². The van der Waals surface area contributed by atoms with Gasteiger partial charge in [-0.05, 0) is 49.0 Å². The maximum absolute atomic E-state index is 10.9. The van der Waals surface area contributed by atoms with Crippen LogP contribution in [0.1, 0.15) is 18.9 Å². The van der Waals surface area contributed by atoms with Crippen molar-refractivity contribution in [3.05, 3.63) is 22.7 Å². The number of halogens is 1. The van der Waals surface area contributed by atoms with Crippen LogP contribution in [-0.4, -0.2) is 44.2 Å². The van der Waals surface area contributed by atoms with E-state index < -0.39 is 5.91 Å². The molecule has 24 heavy (non-hydrogen) atoms. The van der Waals surface area contributed by atoms with E-state index in [1.54, 1.807) is 7.11 Å². The second-order valence-electron chi connectivity index (χ2n) is 6.36. The molecule has 4 N–H and O–H groups in total. The first-order valence-corrected chi connectivity index (χ1v) is 8.52. The molecule has 1 aliphatic rings. The maximum atomic E-state index is 10.9. The maximum Gasteiger partial charge on any atom is 0.255 e. The molecule has 0 aromatic heterocycles. The number of carbonyl (C=O) groups is 1. The Morgan fingerprint density at radius 3 is 2.83 bits per heavy atom. The van der Waals surface area contributed by atoms with Gasteiger partial charge in [0.1, 0.15) is 0 Å². The second-order valence-corrected chi connectivity index (χ2v) is 6.77. The van der Waals surface area contributed by atoms with Crippen molar-refractivity contribution >= 4 is 17.5 Å². The number of nitrogens with two attached hydrogens (primary N) is 2. The molecular weight excluding hydrogens is 330 g/mol. The molecule has 1 aromatic rings. The molecule has 2 rings (SSSR count). The van der Waals surface area contributed by atoms with Crippen molar-refractivity contribution in [3.8, 4) is 11.5 Å². The summed E-state index contributed by atoms with van der Waals surface area (Å²) in [5, 5.41) is 0.409. The minimum Gasteiger partial charge on any atom is -0.493 e. The summed E-state index contributed by atoms with van der Waals surface area (Å²) in [6, 6.07) is 3.73. The Labute approximate surface area is 148 Å². The summed E-state index contributed by atoms with van der Waals surface area (Å²) in [7, 11) is 1.54. The highest BCUT2D eigenvalue weighted by Gasteiger charge is 2.25. The summed E-state index contributed by atoms with van der Waals surface area (Å²) in [4.78, 5) is 13.3. The van der Waals surface area contributed by atoms with Gasteiger partial charge in [-0.1, -0.05) is 18.5 Å². The predicted octanol–water partition coefficient (Wildman–Crippen LogP) is 1.63. The third-order valence-electron chi connectivity index (χ3n) is 4.56. The van der Waals surface area contributed by atoms with E-state index in [0.717, 1.165) is 31.6 Å². The molecule has 6 nitrogen and oxygen atoms in total. The van der Waals surface area contributed by atoms with E-state index >= 15 is 0 Å². The summed E-state index contributed by atoms with van der Waals surface area (Å²) < 4.78 is 10.7. The van der Waals surface area contributed by atoms with Crippen LogP contribution in [0.25, 0.3) is 0 Å². The Morgan fingerprint density at radius 2 is 2.21 bits per heavy atom. The Bertz CT molecular complexity index is 582. The van der Waals surface area contributed by atoms with Gasteiger partial charge in [-0.3, -0.25) is 9.69 Å². The summed E-state index contributed by atoms with van der Waals surface area (Å²) in [5.74, 6) is 1.46. The quantitative estimate of drug-likeness (QED) is 0.775. The molecule has 7 heteroatoms. The fraction of sp³-hybridized carbons (Fsp3) is 0.588. The van der Waals surface area contributed by atoms with E-state index in [-0.39, 0.29) is 6.61 Å². The first-order valence-electron chi connectivity index (χ1n) is 8.14. The number of ether oxygens (including phenoxy) is 2. The van der Waals surface area contributed by atoms with Gasteiger partial charge >= 0.3 is 0 Å². The topological polar surface area (TPSA) is 90.8 Å². The van der Waals surface area contributed by atoms with E-state index in [2.05, 4.69) is 11.8 Å². The number of benzene rings is 1. The molecular formula is C17H26ClN3O3. The van der Waals surface area contributed by atoms with Gasteiger partial charge in [0.05, 0.1) is 12.1 Å². The van der Waals surface area contributed by atoms with Crippen molar-refractivity contribution < 1.29 is 14.3 Å². The van der Waals surface area contributed by atoms with E-state index in [1.165, 1.54) is 0 Å². The van der Waals surface area contributed by atoms with Crippen LogP contribution in [0.3, 0.4) is 0 Å². The summed E-state index contributed by atoms with van der Waals surface area (Å²) in [6.45, 7) is 5.53. The molecule has 2 atom stereocenters. The molecule has 1 heterocycles. The first kappa shape index (κ1) is 18.8. The zero-order valence-electron chi connectivity index (χ0n) is 14.3. The van der Waals surface area contributed by atoms with Gasteiger partial charge in [0.2, 0.25) is 0 Å². The molecule has 1 saturated heterocycles. The van der Waals surface area contributed by atoms with Crippen molar-refractivity contribution in [2.24, 2.45) is 23.3 Å². The van der Waals surface area contributed by atoms with Gasteiger partial charge < -0.3 is 20.9 Å². The number of likely N-dealkylation sites (tertiary alicyclic amines) is 1. The van der Waals surface area contributed by atoms with Crippen LogP contribution < -0.4 is 20.9 Å². The normalized spacial score (nSPS) is 21.5. The number of primary amides is 1. The lowest BCUT2D eigenvalue weighted by atomic mass is 9.87. The Kier molecular flexibility index (Phi) is 6.71. The lowest BCUT2D eigenvalue weighted by molar-refractivity contribution is -0.119. The van der Waals surface area contributed by atoms with Crippen LogP contribution in [0.15, 0.2) is 12.1 Å². The number of piperidine rings is 1. The van der Waals surface area contributed by atoms with E-state index in [9.17, 15) is 4.79 Å². The third kappa shape index (κ3) is 4.75. The van der Waals surface area contributed by atoms with Crippen molar-refractivity contribution in [1.29, 1.82) is 0 Å². The van der Waals surface area contributed by atoms with Gasteiger partial charge in [-0.25, -0.2) is 0 Å². The predicted molar refractivity (Wildman–Crippen MR) is 94.3 cm³/mol. The van der Waals surface area contributed by atoms with Gasteiger partial charge in [0.15, 0.2) is 18.1 Å². The average Bonchev–Trinajstić information content (AvgIpc) is 2.55. The van der Waals surface area contributed by atoms with E-state index in [1.807, 2.05) is 12.1 Å². The molecule has 1 amide bonds. The fourth-order valence-electron chi connectivity index (χ4n) is 3.08.